The van der Waals surface area contributed by atoms with Crippen LogP contribution in [-0.4, -0.2) is 17.4 Å². The van der Waals surface area contributed by atoms with E-state index in [1.807, 2.05) is 0 Å². The fourth-order valence-corrected chi connectivity index (χ4v) is 0.879. The average molecular weight is 224 g/mol. The molecule has 0 aromatic heterocycles. The first-order valence-electron chi connectivity index (χ1n) is 3.59. The predicted molar refractivity (Wildman–Crippen MR) is 40.0 cm³/mol. The minimum Gasteiger partial charge on any atom is -0.478 e. The summed E-state index contributed by atoms with van der Waals surface area (Å²) < 4.78 is 51.5. The van der Waals surface area contributed by atoms with Crippen molar-refractivity contribution < 1.29 is 32.2 Å². The molecule has 82 valence electrons. The number of ether oxygens (including phenoxy) is 1. The third kappa shape index (κ3) is 2.83. The van der Waals surface area contributed by atoms with Gasteiger partial charge in [-0.2, -0.15) is 0 Å². The largest absolute Gasteiger partial charge is 0.573 e. The Morgan fingerprint density at radius 3 is 2.40 bits per heavy atom. The van der Waals surface area contributed by atoms with E-state index in [4.69, 9.17) is 5.11 Å². The smallest absolute Gasteiger partial charge is 0.478 e. The highest BCUT2D eigenvalue weighted by Gasteiger charge is 2.33. The minimum absolute atomic E-state index is 0.690. The van der Waals surface area contributed by atoms with Crippen molar-refractivity contribution in [2.75, 3.05) is 0 Å². The third-order valence-corrected chi connectivity index (χ3v) is 1.42. The Bertz CT molecular complexity index is 386. The number of alkyl halides is 3. The van der Waals surface area contributed by atoms with Crippen LogP contribution in [0.5, 0.6) is 5.75 Å². The zero-order valence-electron chi connectivity index (χ0n) is 7.01. The van der Waals surface area contributed by atoms with Gasteiger partial charge in [-0.1, -0.05) is 6.07 Å². The lowest BCUT2D eigenvalue weighted by molar-refractivity contribution is -0.275. The molecule has 0 saturated heterocycles. The van der Waals surface area contributed by atoms with Gasteiger partial charge in [0.25, 0.3) is 0 Å². The SMILES string of the molecule is O=C(O)c1cccc(OC(F)(F)F)c1F. The fourth-order valence-electron chi connectivity index (χ4n) is 0.879. The van der Waals surface area contributed by atoms with E-state index >= 15 is 0 Å². The maximum Gasteiger partial charge on any atom is 0.573 e. The predicted octanol–water partition coefficient (Wildman–Crippen LogP) is 2.42. The maximum absolute atomic E-state index is 13.0. The maximum atomic E-state index is 13.0. The molecule has 0 aliphatic heterocycles. The number of hydrogen-bond donors (Lipinski definition) is 1. The molecule has 0 aliphatic rings. The van der Waals surface area contributed by atoms with Gasteiger partial charge in [-0.25, -0.2) is 9.18 Å². The summed E-state index contributed by atoms with van der Waals surface area (Å²) in [5, 5.41) is 8.41. The summed E-state index contributed by atoms with van der Waals surface area (Å²) in [6, 6.07) is 2.48. The zero-order chi connectivity index (χ0) is 11.6. The van der Waals surface area contributed by atoms with Gasteiger partial charge in [-0.15, -0.1) is 13.2 Å². The number of carboxylic acid groups (broad SMARTS) is 1. The van der Waals surface area contributed by atoms with Crippen LogP contribution in [0.2, 0.25) is 0 Å². The average Bonchev–Trinajstić information content (AvgIpc) is 2.05. The number of aromatic carboxylic acids is 1. The van der Waals surface area contributed by atoms with E-state index in [0.29, 0.717) is 6.07 Å². The lowest BCUT2D eigenvalue weighted by Gasteiger charge is -2.10. The Kier molecular flexibility index (Phi) is 2.83. The molecule has 7 heteroatoms. The van der Waals surface area contributed by atoms with Gasteiger partial charge in [0.1, 0.15) is 0 Å². The summed E-state index contributed by atoms with van der Waals surface area (Å²) in [4.78, 5) is 10.4. The molecule has 0 amide bonds. The first kappa shape index (κ1) is 11.3. The standard InChI is InChI=1S/C8H4F4O3/c9-6-4(7(13)14)2-1-3-5(6)15-8(10,11)12/h1-3H,(H,13,14). The van der Waals surface area contributed by atoms with Crippen LogP contribution in [0.4, 0.5) is 17.6 Å². The van der Waals surface area contributed by atoms with Crippen molar-refractivity contribution in [3.63, 3.8) is 0 Å². The van der Waals surface area contributed by atoms with Crippen molar-refractivity contribution in [3.05, 3.63) is 29.6 Å². The molecule has 1 rings (SSSR count). The second-order valence-electron chi connectivity index (χ2n) is 2.47. The monoisotopic (exact) mass is 224 g/mol. The van der Waals surface area contributed by atoms with Crippen LogP contribution in [-0.2, 0) is 0 Å². The zero-order valence-corrected chi connectivity index (χ0v) is 7.01. The number of benzene rings is 1. The van der Waals surface area contributed by atoms with Crippen molar-refractivity contribution in [3.8, 4) is 5.75 Å². The molecule has 3 nitrogen and oxygen atoms in total. The van der Waals surface area contributed by atoms with E-state index in [1.165, 1.54) is 0 Å². The quantitative estimate of drug-likeness (QED) is 0.784. The summed E-state index contributed by atoms with van der Waals surface area (Å²) in [5.74, 6) is -4.38. The molecule has 0 aliphatic carbocycles. The minimum atomic E-state index is -5.06. The Balaban J connectivity index is 3.10. The van der Waals surface area contributed by atoms with E-state index in [1.54, 1.807) is 0 Å². The van der Waals surface area contributed by atoms with Crippen molar-refractivity contribution in [2.24, 2.45) is 0 Å². The molecule has 1 aromatic carbocycles. The first-order chi connectivity index (χ1) is 6.81. The molecule has 1 aromatic rings. The molecule has 0 bridgehead atoms. The summed E-state index contributed by atoms with van der Waals surface area (Å²) in [6.07, 6.45) is -5.06. The Morgan fingerprint density at radius 1 is 1.33 bits per heavy atom. The molecule has 0 heterocycles. The van der Waals surface area contributed by atoms with E-state index < -0.39 is 29.5 Å². The van der Waals surface area contributed by atoms with Crippen molar-refractivity contribution in [1.29, 1.82) is 0 Å². The highest BCUT2D eigenvalue weighted by atomic mass is 19.4. The molecule has 1 N–H and O–H groups in total. The highest BCUT2D eigenvalue weighted by Crippen LogP contribution is 2.27. The molecule has 0 saturated carbocycles. The Morgan fingerprint density at radius 2 is 1.93 bits per heavy atom. The molecule has 15 heavy (non-hydrogen) atoms. The van der Waals surface area contributed by atoms with Crippen LogP contribution in [0.25, 0.3) is 0 Å². The second kappa shape index (κ2) is 3.76. The lowest BCUT2D eigenvalue weighted by atomic mass is 10.2. The van der Waals surface area contributed by atoms with E-state index in [9.17, 15) is 22.4 Å². The number of rotatable bonds is 2. The molecule has 0 spiro atoms. The Labute approximate surface area is 80.9 Å². The summed E-state index contributed by atoms with van der Waals surface area (Å²) in [6.45, 7) is 0. The van der Waals surface area contributed by atoms with Crippen LogP contribution >= 0.6 is 0 Å². The van der Waals surface area contributed by atoms with Crippen LogP contribution in [0.1, 0.15) is 10.4 Å². The third-order valence-electron chi connectivity index (χ3n) is 1.42. The van der Waals surface area contributed by atoms with E-state index in [2.05, 4.69) is 4.74 Å². The van der Waals surface area contributed by atoms with E-state index in [-0.39, 0.29) is 0 Å². The molecular weight excluding hydrogens is 220 g/mol. The van der Waals surface area contributed by atoms with Crippen LogP contribution in [0, 0.1) is 5.82 Å². The summed E-state index contributed by atoms with van der Waals surface area (Å²) >= 11 is 0. The number of carbonyl (C=O) groups is 1. The van der Waals surface area contributed by atoms with Gasteiger partial charge in [-0.05, 0) is 12.1 Å². The van der Waals surface area contributed by atoms with Gasteiger partial charge in [0, 0.05) is 0 Å². The van der Waals surface area contributed by atoms with Crippen molar-refractivity contribution >= 4 is 5.97 Å². The molecule has 0 fully saturated rings. The van der Waals surface area contributed by atoms with Crippen LogP contribution in [0.3, 0.4) is 0 Å². The molecular formula is C8H4F4O3. The highest BCUT2D eigenvalue weighted by molar-refractivity contribution is 5.88. The number of carboxylic acids is 1. The van der Waals surface area contributed by atoms with Crippen LogP contribution in [0.15, 0.2) is 18.2 Å². The normalized spacial score (nSPS) is 11.2. The van der Waals surface area contributed by atoms with Crippen molar-refractivity contribution in [2.45, 2.75) is 6.36 Å². The topological polar surface area (TPSA) is 46.5 Å². The molecule has 0 radical (unpaired) electrons. The summed E-state index contributed by atoms with van der Waals surface area (Å²) in [5.41, 5.74) is -0.878. The van der Waals surface area contributed by atoms with Gasteiger partial charge in [0.15, 0.2) is 11.6 Å². The van der Waals surface area contributed by atoms with Crippen LogP contribution < -0.4 is 4.74 Å². The molecule has 0 atom stereocenters. The van der Waals surface area contributed by atoms with Gasteiger partial charge in [-0.3, -0.25) is 0 Å². The number of halogens is 4. The van der Waals surface area contributed by atoms with Gasteiger partial charge in [0.2, 0.25) is 0 Å². The van der Waals surface area contributed by atoms with Gasteiger partial charge < -0.3 is 9.84 Å². The van der Waals surface area contributed by atoms with Crippen molar-refractivity contribution in [1.82, 2.24) is 0 Å². The number of hydrogen-bond acceptors (Lipinski definition) is 2. The Hall–Kier alpha value is -1.79. The van der Waals surface area contributed by atoms with E-state index in [0.717, 1.165) is 12.1 Å². The summed E-state index contributed by atoms with van der Waals surface area (Å²) in [7, 11) is 0. The first-order valence-corrected chi connectivity index (χ1v) is 3.59. The van der Waals surface area contributed by atoms with Gasteiger partial charge >= 0.3 is 12.3 Å². The molecule has 0 unspecified atom stereocenters. The second-order valence-corrected chi connectivity index (χ2v) is 2.47. The lowest BCUT2D eigenvalue weighted by Crippen LogP contribution is -2.18. The van der Waals surface area contributed by atoms with Gasteiger partial charge in [0.05, 0.1) is 5.56 Å². The fraction of sp³-hybridized carbons (Fsp3) is 0.125.